The van der Waals surface area contributed by atoms with Gasteiger partial charge in [0.1, 0.15) is 5.82 Å². The summed E-state index contributed by atoms with van der Waals surface area (Å²) in [6.45, 7) is 6.12. The summed E-state index contributed by atoms with van der Waals surface area (Å²) in [6.07, 6.45) is 0.903. The summed E-state index contributed by atoms with van der Waals surface area (Å²) >= 11 is 0. The first kappa shape index (κ1) is 13.1. The number of hydrogen-bond donors (Lipinski definition) is 2. The van der Waals surface area contributed by atoms with Crippen molar-refractivity contribution >= 4 is 17.1 Å². The minimum atomic E-state index is -0.255. The van der Waals surface area contributed by atoms with E-state index >= 15 is 0 Å². The van der Waals surface area contributed by atoms with E-state index in [0.717, 1.165) is 23.4 Å². The Hall–Kier alpha value is -2.29. The van der Waals surface area contributed by atoms with Crippen molar-refractivity contribution in [3.63, 3.8) is 0 Å². The summed E-state index contributed by atoms with van der Waals surface area (Å²) in [5.41, 5.74) is 10.2. The van der Waals surface area contributed by atoms with Gasteiger partial charge in [0, 0.05) is 22.6 Å². The third-order valence-electron chi connectivity index (χ3n) is 2.98. The highest BCUT2D eigenvalue weighted by atomic mass is 19.1. The Morgan fingerprint density at radius 3 is 2.53 bits per heavy atom. The van der Waals surface area contributed by atoms with Gasteiger partial charge in [0.15, 0.2) is 0 Å². The van der Waals surface area contributed by atoms with Crippen LogP contribution in [0.5, 0.6) is 0 Å². The van der Waals surface area contributed by atoms with Crippen LogP contribution in [0.1, 0.15) is 18.1 Å². The minimum absolute atomic E-state index is 0.255. The molecule has 0 aliphatic heterocycles. The Morgan fingerprint density at radius 1 is 1.21 bits per heavy atom. The zero-order chi connectivity index (χ0) is 13.8. The average Bonchev–Trinajstić information content (AvgIpc) is 2.41. The van der Waals surface area contributed by atoms with Crippen molar-refractivity contribution in [2.45, 2.75) is 13.3 Å². The Kier molecular flexibility index (Phi) is 3.85. The van der Waals surface area contributed by atoms with E-state index in [1.54, 1.807) is 12.1 Å². The van der Waals surface area contributed by atoms with Crippen LogP contribution in [0.4, 0.5) is 15.8 Å². The van der Waals surface area contributed by atoms with Crippen LogP contribution < -0.4 is 11.1 Å². The summed E-state index contributed by atoms with van der Waals surface area (Å²) in [4.78, 5) is 0. The highest BCUT2D eigenvalue weighted by Crippen LogP contribution is 2.23. The van der Waals surface area contributed by atoms with E-state index in [-0.39, 0.29) is 5.82 Å². The zero-order valence-electron chi connectivity index (χ0n) is 10.9. The molecule has 0 amide bonds. The lowest BCUT2D eigenvalue weighted by Gasteiger charge is -2.14. The maximum Gasteiger partial charge on any atom is 0.123 e. The first-order valence-corrected chi connectivity index (χ1v) is 6.20. The van der Waals surface area contributed by atoms with E-state index in [9.17, 15) is 4.39 Å². The van der Waals surface area contributed by atoms with Gasteiger partial charge in [-0.15, -0.1) is 0 Å². The smallest absolute Gasteiger partial charge is 0.123 e. The Balaban J connectivity index is 2.24. The van der Waals surface area contributed by atoms with Crippen LogP contribution in [0.2, 0.25) is 0 Å². The minimum Gasteiger partial charge on any atom is -0.399 e. The first-order chi connectivity index (χ1) is 9.10. The predicted octanol–water partition coefficient (Wildman–Crippen LogP) is 4.05. The molecule has 3 heteroatoms. The summed E-state index contributed by atoms with van der Waals surface area (Å²) < 4.78 is 12.9. The molecule has 2 nitrogen and oxygen atoms in total. The van der Waals surface area contributed by atoms with Crippen LogP contribution in [0.25, 0.3) is 5.70 Å². The highest BCUT2D eigenvalue weighted by molar-refractivity contribution is 5.78. The van der Waals surface area contributed by atoms with Crippen molar-refractivity contribution in [1.29, 1.82) is 0 Å². The number of hydrogen-bond acceptors (Lipinski definition) is 2. The van der Waals surface area contributed by atoms with Crippen LogP contribution >= 0.6 is 0 Å². The van der Waals surface area contributed by atoms with E-state index < -0.39 is 0 Å². The molecule has 2 aromatic carbocycles. The number of aryl methyl sites for hydroxylation is 1. The SMILES string of the molecule is C=C(Nc1ccc(F)cc1)c1cc(N)ccc1CC. The maximum absolute atomic E-state index is 12.9. The molecule has 19 heavy (non-hydrogen) atoms. The van der Waals surface area contributed by atoms with Gasteiger partial charge >= 0.3 is 0 Å². The number of nitrogens with two attached hydrogens (primary N) is 1. The lowest BCUT2D eigenvalue weighted by molar-refractivity contribution is 0.628. The molecule has 0 heterocycles. The Bertz CT molecular complexity index is 588. The van der Waals surface area contributed by atoms with Crippen molar-refractivity contribution in [2.75, 3.05) is 11.1 Å². The molecule has 0 aliphatic rings. The van der Waals surface area contributed by atoms with Crippen molar-refractivity contribution in [1.82, 2.24) is 0 Å². The van der Waals surface area contributed by atoms with Gasteiger partial charge in [-0.3, -0.25) is 0 Å². The quantitative estimate of drug-likeness (QED) is 0.810. The molecule has 0 radical (unpaired) electrons. The fourth-order valence-electron chi connectivity index (χ4n) is 1.96. The molecule has 0 saturated heterocycles. The van der Waals surface area contributed by atoms with Crippen LogP contribution in [0.3, 0.4) is 0 Å². The second-order valence-corrected chi connectivity index (χ2v) is 4.38. The van der Waals surface area contributed by atoms with Crippen molar-refractivity contribution in [2.24, 2.45) is 0 Å². The molecule has 0 aromatic heterocycles. The molecule has 2 rings (SSSR count). The molecule has 0 unspecified atom stereocenters. The Morgan fingerprint density at radius 2 is 1.89 bits per heavy atom. The Labute approximate surface area is 112 Å². The van der Waals surface area contributed by atoms with E-state index in [4.69, 9.17) is 5.73 Å². The maximum atomic E-state index is 12.9. The van der Waals surface area contributed by atoms with Gasteiger partial charge in [-0.05, 0) is 48.4 Å². The fraction of sp³-hybridized carbons (Fsp3) is 0.125. The van der Waals surface area contributed by atoms with Crippen LogP contribution in [0.15, 0.2) is 49.0 Å². The van der Waals surface area contributed by atoms with Gasteiger partial charge in [0.2, 0.25) is 0 Å². The molecule has 0 aliphatic carbocycles. The summed E-state index contributed by atoms with van der Waals surface area (Å²) in [7, 11) is 0. The van der Waals surface area contributed by atoms with Crippen molar-refractivity contribution in [3.8, 4) is 0 Å². The lowest BCUT2D eigenvalue weighted by atomic mass is 10.0. The van der Waals surface area contributed by atoms with Gasteiger partial charge < -0.3 is 11.1 Å². The highest BCUT2D eigenvalue weighted by Gasteiger charge is 2.06. The molecule has 0 fully saturated rings. The van der Waals surface area contributed by atoms with Crippen LogP contribution in [-0.4, -0.2) is 0 Å². The lowest BCUT2D eigenvalue weighted by Crippen LogP contribution is -2.02. The standard InChI is InChI=1S/C16H17FN2/c1-3-12-4-7-14(18)10-16(12)11(2)19-15-8-5-13(17)6-9-15/h4-10,19H,2-3,18H2,1H3. The van der Waals surface area contributed by atoms with Gasteiger partial charge in [-0.1, -0.05) is 19.6 Å². The monoisotopic (exact) mass is 256 g/mol. The second kappa shape index (κ2) is 5.57. The number of halogens is 1. The molecule has 0 atom stereocenters. The second-order valence-electron chi connectivity index (χ2n) is 4.38. The third-order valence-corrected chi connectivity index (χ3v) is 2.98. The topological polar surface area (TPSA) is 38.0 Å². The van der Waals surface area contributed by atoms with E-state index in [1.807, 2.05) is 18.2 Å². The summed E-state index contributed by atoms with van der Waals surface area (Å²) in [6, 6.07) is 12.0. The number of nitrogen functional groups attached to an aromatic ring is 1. The van der Waals surface area contributed by atoms with E-state index in [0.29, 0.717) is 5.69 Å². The van der Waals surface area contributed by atoms with Crippen LogP contribution in [-0.2, 0) is 6.42 Å². The van der Waals surface area contributed by atoms with Gasteiger partial charge in [-0.2, -0.15) is 0 Å². The largest absolute Gasteiger partial charge is 0.399 e. The average molecular weight is 256 g/mol. The van der Waals surface area contributed by atoms with Gasteiger partial charge in [-0.25, -0.2) is 4.39 Å². The molecule has 0 spiro atoms. The molecule has 2 aromatic rings. The molecular weight excluding hydrogens is 239 g/mol. The molecular formula is C16H17FN2. The van der Waals surface area contributed by atoms with Gasteiger partial charge in [0.25, 0.3) is 0 Å². The van der Waals surface area contributed by atoms with Crippen molar-refractivity contribution < 1.29 is 4.39 Å². The van der Waals surface area contributed by atoms with E-state index in [1.165, 1.54) is 17.7 Å². The van der Waals surface area contributed by atoms with E-state index in [2.05, 4.69) is 18.8 Å². The molecule has 0 bridgehead atoms. The molecule has 3 N–H and O–H groups in total. The first-order valence-electron chi connectivity index (χ1n) is 6.20. The fourth-order valence-corrected chi connectivity index (χ4v) is 1.96. The molecule has 0 saturated carbocycles. The summed E-state index contributed by atoms with van der Waals surface area (Å²) in [5, 5.41) is 3.17. The number of rotatable bonds is 4. The normalized spacial score (nSPS) is 10.2. The third kappa shape index (κ3) is 3.13. The predicted molar refractivity (Wildman–Crippen MR) is 79.3 cm³/mol. The van der Waals surface area contributed by atoms with Gasteiger partial charge in [0.05, 0.1) is 0 Å². The van der Waals surface area contributed by atoms with Crippen molar-refractivity contribution in [3.05, 3.63) is 66.0 Å². The number of benzene rings is 2. The molecule has 98 valence electrons. The zero-order valence-corrected chi connectivity index (χ0v) is 10.9. The summed E-state index contributed by atoms with van der Waals surface area (Å²) in [5.74, 6) is -0.255. The number of nitrogens with one attached hydrogen (secondary N) is 1. The number of anilines is 2. The van der Waals surface area contributed by atoms with Crippen LogP contribution in [0, 0.1) is 5.82 Å².